The van der Waals surface area contributed by atoms with Gasteiger partial charge in [-0.15, -0.1) is 0 Å². The van der Waals surface area contributed by atoms with E-state index in [4.69, 9.17) is 15.1 Å². The third kappa shape index (κ3) is 4.27. The van der Waals surface area contributed by atoms with Crippen molar-refractivity contribution in [3.63, 3.8) is 0 Å². The van der Waals surface area contributed by atoms with Crippen LogP contribution >= 0.6 is 11.8 Å². The van der Waals surface area contributed by atoms with Crippen molar-refractivity contribution >= 4 is 17.7 Å². The van der Waals surface area contributed by atoms with Crippen molar-refractivity contribution in [2.75, 3.05) is 7.11 Å². The van der Waals surface area contributed by atoms with E-state index in [-0.39, 0.29) is 12.3 Å². The van der Waals surface area contributed by atoms with Crippen LogP contribution in [0.1, 0.15) is 24.0 Å². The van der Waals surface area contributed by atoms with Gasteiger partial charge in [0.25, 0.3) is 0 Å². The topological polar surface area (TPSA) is 70.3 Å². The second-order valence-electron chi connectivity index (χ2n) is 5.04. The molecule has 118 valence electrons. The van der Waals surface area contributed by atoms with Crippen LogP contribution in [0.25, 0.3) is 0 Å². The van der Waals surface area contributed by atoms with Crippen LogP contribution in [-0.4, -0.2) is 18.2 Å². The number of hydrogen-bond donors (Lipinski definition) is 1. The van der Waals surface area contributed by atoms with Gasteiger partial charge in [-0.3, -0.25) is 4.79 Å². The van der Waals surface area contributed by atoms with Gasteiger partial charge in [-0.1, -0.05) is 36.0 Å². The number of ether oxygens (including phenoxy) is 1. The first-order valence-electron chi connectivity index (χ1n) is 7.10. The molecule has 1 N–H and O–H groups in total. The molecule has 0 heterocycles. The molecule has 2 aromatic rings. The number of carboxylic acid groups (broad SMARTS) is 1. The van der Waals surface area contributed by atoms with Crippen LogP contribution < -0.4 is 4.74 Å². The predicted molar refractivity (Wildman–Crippen MR) is 88.9 cm³/mol. The Morgan fingerprint density at radius 1 is 1.30 bits per heavy atom. The van der Waals surface area contributed by atoms with Gasteiger partial charge >= 0.3 is 5.97 Å². The molecule has 23 heavy (non-hydrogen) atoms. The number of rotatable bonds is 6. The number of aliphatic carboxylic acids is 1. The number of hydrogen-bond acceptors (Lipinski definition) is 4. The molecular weight excluding hydrogens is 310 g/mol. The van der Waals surface area contributed by atoms with Gasteiger partial charge in [0.2, 0.25) is 0 Å². The zero-order valence-electron chi connectivity index (χ0n) is 12.9. The fourth-order valence-electron chi connectivity index (χ4n) is 2.16. The average molecular weight is 327 g/mol. The highest BCUT2D eigenvalue weighted by Crippen LogP contribution is 2.38. The molecule has 2 rings (SSSR count). The Kier molecular flexibility index (Phi) is 5.67. The van der Waals surface area contributed by atoms with Crippen LogP contribution in [-0.2, 0) is 11.2 Å². The quantitative estimate of drug-likeness (QED) is 0.865. The fourth-order valence-corrected chi connectivity index (χ4v) is 3.19. The molecule has 0 aliphatic carbocycles. The third-order valence-electron chi connectivity index (χ3n) is 3.42. The van der Waals surface area contributed by atoms with Gasteiger partial charge in [-0.05, 0) is 36.2 Å². The highest BCUT2D eigenvalue weighted by molar-refractivity contribution is 7.99. The summed E-state index contributed by atoms with van der Waals surface area (Å²) >= 11 is 1.46. The second-order valence-corrected chi connectivity index (χ2v) is 6.12. The lowest BCUT2D eigenvalue weighted by Gasteiger charge is -2.13. The Balaban J connectivity index is 2.31. The first-order chi connectivity index (χ1) is 11.0. The first-order valence-corrected chi connectivity index (χ1v) is 7.92. The predicted octanol–water partition coefficient (Wildman–Crippen LogP) is 4.10. The van der Waals surface area contributed by atoms with Crippen molar-refractivity contribution in [2.24, 2.45) is 0 Å². The van der Waals surface area contributed by atoms with E-state index in [1.807, 2.05) is 37.3 Å². The maximum Gasteiger partial charge on any atom is 0.307 e. The summed E-state index contributed by atoms with van der Waals surface area (Å²) in [7, 11) is 1.57. The molecule has 1 atom stereocenters. The summed E-state index contributed by atoms with van der Waals surface area (Å²) in [5.74, 6) is -0.371. The smallest absolute Gasteiger partial charge is 0.307 e. The lowest BCUT2D eigenvalue weighted by Crippen LogP contribution is -2.02. The molecule has 0 fully saturated rings. The summed E-state index contributed by atoms with van der Waals surface area (Å²) in [5.41, 5.74) is 1.68. The highest BCUT2D eigenvalue weighted by Gasteiger charge is 2.14. The van der Waals surface area contributed by atoms with Gasteiger partial charge in [0.05, 0.1) is 30.4 Å². The molecule has 2 aromatic carbocycles. The Labute approximate surface area is 139 Å². The fraction of sp³-hybridized carbons (Fsp3) is 0.222. The number of carboxylic acids is 1. The minimum atomic E-state index is -0.877. The Hall–Kier alpha value is -2.45. The number of nitriles is 1. The summed E-state index contributed by atoms with van der Waals surface area (Å²) in [6, 6.07) is 15.3. The molecule has 0 aliphatic heterocycles. The van der Waals surface area contributed by atoms with Crippen LogP contribution in [0.5, 0.6) is 5.75 Å². The van der Waals surface area contributed by atoms with E-state index in [0.717, 1.165) is 20.9 Å². The van der Waals surface area contributed by atoms with E-state index in [1.54, 1.807) is 19.2 Å². The van der Waals surface area contributed by atoms with Gasteiger partial charge < -0.3 is 9.84 Å². The summed E-state index contributed by atoms with van der Waals surface area (Å²) < 4.78 is 5.36. The number of carbonyl (C=O) groups is 1. The second kappa shape index (κ2) is 7.70. The summed E-state index contributed by atoms with van der Waals surface area (Å²) in [6.45, 7) is 1.85. The van der Waals surface area contributed by atoms with Crippen molar-refractivity contribution in [3.8, 4) is 11.8 Å². The number of methoxy groups -OCH3 is 1. The van der Waals surface area contributed by atoms with Crippen LogP contribution in [0.15, 0.2) is 52.3 Å². The van der Waals surface area contributed by atoms with Gasteiger partial charge in [0.15, 0.2) is 0 Å². The molecule has 0 saturated carbocycles. The molecule has 0 bridgehead atoms. The maximum absolute atomic E-state index is 11.0. The van der Waals surface area contributed by atoms with Crippen molar-refractivity contribution in [2.45, 2.75) is 29.1 Å². The van der Waals surface area contributed by atoms with Crippen LogP contribution in [0, 0.1) is 11.3 Å². The van der Waals surface area contributed by atoms with Gasteiger partial charge in [-0.25, -0.2) is 0 Å². The van der Waals surface area contributed by atoms with Crippen LogP contribution in [0.3, 0.4) is 0 Å². The monoisotopic (exact) mass is 327 g/mol. The van der Waals surface area contributed by atoms with Crippen molar-refractivity contribution < 1.29 is 14.6 Å². The normalized spacial score (nSPS) is 11.5. The molecule has 0 saturated heterocycles. The van der Waals surface area contributed by atoms with Gasteiger partial charge in [-0.2, -0.15) is 5.26 Å². The average Bonchev–Trinajstić information content (AvgIpc) is 2.55. The largest absolute Gasteiger partial charge is 0.496 e. The standard InChI is InChI=1S/C18H17NO3S/c1-12(11-19)13-6-8-15(9-7-13)23-18-14(10-17(20)21)4-3-5-16(18)22-2/h3-9,12H,10H2,1-2H3,(H,20,21). The molecule has 0 radical (unpaired) electrons. The van der Waals surface area contributed by atoms with E-state index in [1.165, 1.54) is 11.8 Å². The number of benzene rings is 2. The Morgan fingerprint density at radius 2 is 2.00 bits per heavy atom. The van der Waals surface area contributed by atoms with Gasteiger partial charge in [0, 0.05) is 4.90 Å². The summed E-state index contributed by atoms with van der Waals surface area (Å²) in [5, 5.41) is 18.0. The van der Waals surface area contributed by atoms with Crippen molar-refractivity contribution in [1.82, 2.24) is 0 Å². The van der Waals surface area contributed by atoms with E-state index in [0.29, 0.717) is 5.75 Å². The highest BCUT2D eigenvalue weighted by atomic mass is 32.2. The SMILES string of the molecule is COc1cccc(CC(=O)O)c1Sc1ccc(C(C)C#N)cc1. The molecule has 4 nitrogen and oxygen atoms in total. The molecule has 0 amide bonds. The molecule has 0 spiro atoms. The minimum absolute atomic E-state index is 0.0525. The molecule has 1 unspecified atom stereocenters. The van der Waals surface area contributed by atoms with Crippen molar-refractivity contribution in [1.29, 1.82) is 5.26 Å². The maximum atomic E-state index is 11.0. The lowest BCUT2D eigenvalue weighted by molar-refractivity contribution is -0.136. The molecular formula is C18H17NO3S. The molecule has 0 aromatic heterocycles. The Morgan fingerprint density at radius 3 is 2.57 bits per heavy atom. The third-order valence-corrected chi connectivity index (χ3v) is 4.59. The zero-order chi connectivity index (χ0) is 16.8. The van der Waals surface area contributed by atoms with E-state index >= 15 is 0 Å². The van der Waals surface area contributed by atoms with Crippen LogP contribution in [0.4, 0.5) is 0 Å². The zero-order valence-corrected chi connectivity index (χ0v) is 13.8. The minimum Gasteiger partial charge on any atom is -0.496 e. The molecule has 5 heteroatoms. The number of nitrogens with zero attached hydrogens (tertiary/aromatic N) is 1. The van der Waals surface area contributed by atoms with E-state index in [9.17, 15) is 4.79 Å². The first kappa shape index (κ1) is 16.9. The van der Waals surface area contributed by atoms with E-state index in [2.05, 4.69) is 6.07 Å². The van der Waals surface area contributed by atoms with Crippen LogP contribution in [0.2, 0.25) is 0 Å². The summed E-state index contributed by atoms with van der Waals surface area (Å²) in [6.07, 6.45) is -0.0525. The van der Waals surface area contributed by atoms with Crippen molar-refractivity contribution in [3.05, 3.63) is 53.6 Å². The molecule has 0 aliphatic rings. The lowest BCUT2D eigenvalue weighted by atomic mass is 10.0. The van der Waals surface area contributed by atoms with E-state index < -0.39 is 5.97 Å². The Bertz CT molecular complexity index is 735. The van der Waals surface area contributed by atoms with Gasteiger partial charge in [0.1, 0.15) is 5.75 Å². The summed E-state index contributed by atoms with van der Waals surface area (Å²) in [4.78, 5) is 12.8.